The fourth-order valence-electron chi connectivity index (χ4n) is 2.14. The van der Waals surface area contributed by atoms with E-state index in [1.165, 1.54) is 11.1 Å². The van der Waals surface area contributed by atoms with Gasteiger partial charge in [-0.1, -0.05) is 36.4 Å². The summed E-state index contributed by atoms with van der Waals surface area (Å²) in [6, 6.07) is 13.5. The van der Waals surface area contributed by atoms with Gasteiger partial charge in [0.1, 0.15) is 5.82 Å². The summed E-state index contributed by atoms with van der Waals surface area (Å²) in [7, 11) is 1.73. The molecule has 2 aromatic carbocycles. The van der Waals surface area contributed by atoms with E-state index in [2.05, 4.69) is 34.7 Å². The van der Waals surface area contributed by atoms with E-state index in [4.69, 9.17) is 0 Å². The molecular formula is C18H22FN3. The minimum Gasteiger partial charge on any atom is -0.352 e. The summed E-state index contributed by atoms with van der Waals surface area (Å²) in [5.74, 6) is 0.520. The number of hydrogen-bond acceptors (Lipinski definition) is 1. The molecule has 0 aliphatic carbocycles. The standard InChI is InChI=1S/C18H22FN3/c1-13-6-4-5-7-16(13)12-22-18(20-3)21-11-15-9-8-14(2)17(19)10-15/h4-10H,11-12H2,1-3H3,(H2,20,21,22). The molecule has 2 aromatic rings. The Morgan fingerprint density at radius 1 is 1.00 bits per heavy atom. The van der Waals surface area contributed by atoms with E-state index < -0.39 is 0 Å². The van der Waals surface area contributed by atoms with Crippen LogP contribution in [0.3, 0.4) is 0 Å². The molecule has 0 aliphatic rings. The molecule has 0 fully saturated rings. The third-order valence-electron chi connectivity index (χ3n) is 3.63. The lowest BCUT2D eigenvalue weighted by molar-refractivity contribution is 0.615. The van der Waals surface area contributed by atoms with Gasteiger partial charge in [0.15, 0.2) is 5.96 Å². The van der Waals surface area contributed by atoms with Crippen LogP contribution in [0.4, 0.5) is 4.39 Å². The predicted octanol–water partition coefficient (Wildman–Crippen LogP) is 3.31. The minimum atomic E-state index is -0.179. The third-order valence-corrected chi connectivity index (χ3v) is 3.63. The highest BCUT2D eigenvalue weighted by Gasteiger charge is 2.03. The molecule has 2 rings (SSSR count). The Balaban J connectivity index is 1.90. The van der Waals surface area contributed by atoms with Crippen molar-refractivity contribution in [1.82, 2.24) is 10.6 Å². The zero-order valence-electron chi connectivity index (χ0n) is 13.3. The topological polar surface area (TPSA) is 36.4 Å². The average molecular weight is 299 g/mol. The van der Waals surface area contributed by atoms with Crippen molar-refractivity contribution in [2.24, 2.45) is 4.99 Å². The van der Waals surface area contributed by atoms with Crippen LogP contribution in [0.15, 0.2) is 47.5 Å². The van der Waals surface area contributed by atoms with E-state index in [1.54, 1.807) is 26.1 Å². The van der Waals surface area contributed by atoms with Crippen LogP contribution in [0.25, 0.3) is 0 Å². The van der Waals surface area contributed by atoms with E-state index in [9.17, 15) is 4.39 Å². The molecule has 0 saturated carbocycles. The van der Waals surface area contributed by atoms with Crippen molar-refractivity contribution in [2.75, 3.05) is 7.05 Å². The molecule has 4 heteroatoms. The summed E-state index contributed by atoms with van der Waals surface area (Å²) in [4.78, 5) is 4.19. The van der Waals surface area contributed by atoms with E-state index in [1.807, 2.05) is 18.2 Å². The summed E-state index contributed by atoms with van der Waals surface area (Å²) in [5.41, 5.74) is 4.02. The van der Waals surface area contributed by atoms with Crippen LogP contribution in [0.5, 0.6) is 0 Å². The van der Waals surface area contributed by atoms with Gasteiger partial charge in [-0.05, 0) is 42.2 Å². The second kappa shape index (κ2) is 7.59. The summed E-state index contributed by atoms with van der Waals surface area (Å²) in [6.45, 7) is 5.08. The highest BCUT2D eigenvalue weighted by Crippen LogP contribution is 2.09. The molecule has 2 N–H and O–H groups in total. The second-order valence-corrected chi connectivity index (χ2v) is 5.29. The number of rotatable bonds is 4. The molecule has 0 spiro atoms. The number of halogens is 1. The molecule has 0 amide bonds. The molecule has 3 nitrogen and oxygen atoms in total. The maximum absolute atomic E-state index is 13.5. The first-order valence-electron chi connectivity index (χ1n) is 7.34. The zero-order chi connectivity index (χ0) is 15.9. The Labute approximate surface area is 131 Å². The van der Waals surface area contributed by atoms with Gasteiger partial charge in [-0.2, -0.15) is 0 Å². The molecule has 116 valence electrons. The maximum Gasteiger partial charge on any atom is 0.191 e. The monoisotopic (exact) mass is 299 g/mol. The van der Waals surface area contributed by atoms with Gasteiger partial charge in [0.05, 0.1) is 0 Å². The Hall–Kier alpha value is -2.36. The first-order valence-corrected chi connectivity index (χ1v) is 7.34. The molecule has 0 atom stereocenters. The minimum absolute atomic E-state index is 0.179. The van der Waals surface area contributed by atoms with Crippen molar-refractivity contribution >= 4 is 5.96 Å². The molecule has 0 aliphatic heterocycles. The maximum atomic E-state index is 13.5. The van der Waals surface area contributed by atoms with Gasteiger partial charge in [0.25, 0.3) is 0 Å². The summed E-state index contributed by atoms with van der Waals surface area (Å²) in [5, 5.41) is 6.46. The van der Waals surface area contributed by atoms with Crippen LogP contribution >= 0.6 is 0 Å². The lowest BCUT2D eigenvalue weighted by Gasteiger charge is -2.13. The van der Waals surface area contributed by atoms with Gasteiger partial charge >= 0.3 is 0 Å². The van der Waals surface area contributed by atoms with Crippen LogP contribution in [-0.4, -0.2) is 13.0 Å². The SMILES string of the molecule is CN=C(NCc1ccc(C)c(F)c1)NCc1ccccc1C. The molecule has 0 heterocycles. The van der Waals surface area contributed by atoms with E-state index >= 15 is 0 Å². The third kappa shape index (κ3) is 4.32. The van der Waals surface area contributed by atoms with E-state index in [-0.39, 0.29) is 5.82 Å². The van der Waals surface area contributed by atoms with Gasteiger partial charge < -0.3 is 10.6 Å². The first kappa shape index (κ1) is 16.0. The summed E-state index contributed by atoms with van der Waals surface area (Å²) in [6.07, 6.45) is 0. The number of nitrogens with one attached hydrogen (secondary N) is 2. The summed E-state index contributed by atoms with van der Waals surface area (Å²) >= 11 is 0. The van der Waals surface area contributed by atoms with Gasteiger partial charge in [-0.15, -0.1) is 0 Å². The zero-order valence-corrected chi connectivity index (χ0v) is 13.3. The Morgan fingerprint density at radius 3 is 2.41 bits per heavy atom. The molecular weight excluding hydrogens is 277 g/mol. The molecule has 0 radical (unpaired) electrons. The lowest BCUT2D eigenvalue weighted by Crippen LogP contribution is -2.36. The molecule has 22 heavy (non-hydrogen) atoms. The average Bonchev–Trinajstić information content (AvgIpc) is 2.52. The fourth-order valence-corrected chi connectivity index (χ4v) is 2.14. The van der Waals surface area contributed by atoms with Crippen LogP contribution in [0.1, 0.15) is 22.3 Å². The van der Waals surface area contributed by atoms with Crippen LogP contribution in [-0.2, 0) is 13.1 Å². The Bertz CT molecular complexity index is 665. The molecule has 0 bridgehead atoms. The molecule has 0 saturated heterocycles. The van der Waals surface area contributed by atoms with Gasteiger partial charge in [0, 0.05) is 20.1 Å². The lowest BCUT2D eigenvalue weighted by atomic mass is 10.1. The Kier molecular flexibility index (Phi) is 5.53. The van der Waals surface area contributed by atoms with E-state index in [0.717, 1.165) is 5.56 Å². The predicted molar refractivity (Wildman–Crippen MR) is 89.4 cm³/mol. The van der Waals surface area contributed by atoms with Crippen molar-refractivity contribution in [3.8, 4) is 0 Å². The van der Waals surface area contributed by atoms with Crippen LogP contribution < -0.4 is 10.6 Å². The van der Waals surface area contributed by atoms with Crippen molar-refractivity contribution in [3.05, 3.63) is 70.5 Å². The Morgan fingerprint density at radius 2 is 1.73 bits per heavy atom. The highest BCUT2D eigenvalue weighted by molar-refractivity contribution is 5.79. The van der Waals surface area contributed by atoms with Crippen molar-refractivity contribution in [1.29, 1.82) is 0 Å². The number of aryl methyl sites for hydroxylation is 2. The van der Waals surface area contributed by atoms with E-state index in [0.29, 0.717) is 24.6 Å². The number of nitrogens with zero attached hydrogens (tertiary/aromatic N) is 1. The number of guanidine groups is 1. The fraction of sp³-hybridized carbons (Fsp3) is 0.278. The smallest absolute Gasteiger partial charge is 0.191 e. The van der Waals surface area contributed by atoms with Crippen LogP contribution in [0, 0.1) is 19.7 Å². The quantitative estimate of drug-likeness (QED) is 0.671. The molecule has 0 unspecified atom stereocenters. The number of aliphatic imine (C=N–C) groups is 1. The summed E-state index contributed by atoms with van der Waals surface area (Å²) < 4.78 is 13.5. The normalized spacial score (nSPS) is 11.4. The van der Waals surface area contributed by atoms with Crippen molar-refractivity contribution in [3.63, 3.8) is 0 Å². The molecule has 0 aromatic heterocycles. The largest absolute Gasteiger partial charge is 0.352 e. The van der Waals surface area contributed by atoms with Gasteiger partial charge in [-0.3, -0.25) is 4.99 Å². The van der Waals surface area contributed by atoms with Gasteiger partial charge in [0.2, 0.25) is 0 Å². The highest BCUT2D eigenvalue weighted by atomic mass is 19.1. The number of benzene rings is 2. The first-order chi connectivity index (χ1) is 10.6. The number of hydrogen-bond donors (Lipinski definition) is 2. The second-order valence-electron chi connectivity index (χ2n) is 5.29. The van der Waals surface area contributed by atoms with Crippen LogP contribution in [0.2, 0.25) is 0 Å². The van der Waals surface area contributed by atoms with Crippen molar-refractivity contribution in [2.45, 2.75) is 26.9 Å². The van der Waals surface area contributed by atoms with Crippen molar-refractivity contribution < 1.29 is 4.39 Å². The van der Waals surface area contributed by atoms with Gasteiger partial charge in [-0.25, -0.2) is 4.39 Å².